The Hall–Kier alpha value is -8.99. The summed E-state index contributed by atoms with van der Waals surface area (Å²) in [6, 6.07) is 87.0. The van der Waals surface area contributed by atoms with Gasteiger partial charge in [-0.05, 0) is 73.3 Å². The number of benzene rings is 10. The molecule has 0 bridgehead atoms. The highest BCUT2D eigenvalue weighted by atomic mass is 16.3. The summed E-state index contributed by atoms with van der Waals surface area (Å²) in [5, 5.41) is 1.96. The van der Waals surface area contributed by atoms with Gasteiger partial charge < -0.3 is 4.42 Å². The second-order valence-electron chi connectivity index (χ2n) is 16.8. The van der Waals surface area contributed by atoms with E-state index in [1.165, 1.54) is 27.8 Å². The lowest BCUT2D eigenvalue weighted by Crippen LogP contribution is -2.00. The van der Waals surface area contributed by atoms with Crippen LogP contribution in [0.3, 0.4) is 0 Å². The fourth-order valence-corrected chi connectivity index (χ4v) is 9.11. The molecular weight excluding hydrogens is 815 g/mol. The van der Waals surface area contributed by atoms with E-state index in [1.807, 2.05) is 24.3 Å². The molecule has 0 saturated heterocycles. The van der Waals surface area contributed by atoms with E-state index in [2.05, 4.69) is 224 Å². The summed E-state index contributed by atoms with van der Waals surface area (Å²) >= 11 is 0. The second kappa shape index (κ2) is 17.2. The van der Waals surface area contributed by atoms with Gasteiger partial charge in [0.15, 0.2) is 17.5 Å². The Labute approximate surface area is 389 Å². The van der Waals surface area contributed by atoms with Gasteiger partial charge in [0.1, 0.15) is 11.2 Å². The Bertz CT molecular complexity index is 3680. The van der Waals surface area contributed by atoms with Crippen LogP contribution in [0.4, 0.5) is 0 Å². The Morgan fingerprint density at radius 1 is 0.239 bits per heavy atom. The van der Waals surface area contributed by atoms with Crippen molar-refractivity contribution in [3.63, 3.8) is 0 Å². The number of rotatable bonds is 9. The van der Waals surface area contributed by atoms with Gasteiger partial charge in [0.05, 0.1) is 0 Å². The average molecular weight is 856 g/mol. The van der Waals surface area contributed by atoms with Crippen LogP contribution >= 0.6 is 0 Å². The highest BCUT2D eigenvalue weighted by Gasteiger charge is 2.20. The third-order valence-electron chi connectivity index (χ3n) is 12.6. The summed E-state index contributed by atoms with van der Waals surface area (Å²) in [6.07, 6.45) is 0. The van der Waals surface area contributed by atoms with Crippen molar-refractivity contribution >= 4 is 21.9 Å². The average Bonchev–Trinajstić information content (AvgIpc) is 3.81. The third-order valence-corrected chi connectivity index (χ3v) is 12.6. The minimum absolute atomic E-state index is 0.577. The largest absolute Gasteiger partial charge is 0.455 e. The highest BCUT2D eigenvalue weighted by molar-refractivity contribution is 6.15. The van der Waals surface area contributed by atoms with Crippen LogP contribution in [0.2, 0.25) is 0 Å². The molecule has 0 aliphatic carbocycles. The number of furan rings is 1. The Morgan fingerprint density at radius 3 is 1.07 bits per heavy atom. The molecule has 0 amide bonds. The van der Waals surface area contributed by atoms with E-state index in [9.17, 15) is 0 Å². The first-order chi connectivity index (χ1) is 33.2. The minimum Gasteiger partial charge on any atom is -0.455 e. The predicted octanol–water partition coefficient (Wildman–Crippen LogP) is 16.8. The van der Waals surface area contributed by atoms with Gasteiger partial charge in [-0.3, -0.25) is 0 Å². The van der Waals surface area contributed by atoms with E-state index in [0.717, 1.165) is 77.6 Å². The first-order valence-corrected chi connectivity index (χ1v) is 22.6. The zero-order valence-corrected chi connectivity index (χ0v) is 36.4. The van der Waals surface area contributed by atoms with E-state index in [1.54, 1.807) is 0 Å². The van der Waals surface area contributed by atoms with E-state index in [0.29, 0.717) is 17.5 Å². The number of fused-ring (bicyclic) bond motifs is 3. The molecule has 0 atom stereocenters. The van der Waals surface area contributed by atoms with Crippen LogP contribution in [-0.2, 0) is 0 Å². The summed E-state index contributed by atoms with van der Waals surface area (Å²) in [5.41, 5.74) is 18.0. The third kappa shape index (κ3) is 7.77. The molecule has 12 rings (SSSR count). The molecule has 2 aromatic heterocycles. The van der Waals surface area contributed by atoms with E-state index < -0.39 is 0 Å². The van der Waals surface area contributed by atoms with Gasteiger partial charge in [-0.15, -0.1) is 0 Å². The molecule has 0 fully saturated rings. The smallest absolute Gasteiger partial charge is 0.164 e. The van der Waals surface area contributed by atoms with Gasteiger partial charge in [0.25, 0.3) is 0 Å². The van der Waals surface area contributed by atoms with Crippen molar-refractivity contribution in [2.45, 2.75) is 0 Å². The Morgan fingerprint density at radius 2 is 0.582 bits per heavy atom. The van der Waals surface area contributed by atoms with Crippen molar-refractivity contribution in [2.75, 3.05) is 0 Å². The molecule has 0 aliphatic rings. The molecule has 10 aromatic carbocycles. The number of para-hydroxylation sites is 1. The van der Waals surface area contributed by atoms with Gasteiger partial charge in [-0.1, -0.05) is 237 Å². The molecule has 12 aromatic rings. The molecule has 0 aliphatic heterocycles. The van der Waals surface area contributed by atoms with Gasteiger partial charge in [-0.25, -0.2) is 15.0 Å². The maximum atomic E-state index is 6.78. The number of hydrogen-bond donors (Lipinski definition) is 0. The van der Waals surface area contributed by atoms with Crippen LogP contribution in [0.25, 0.3) is 123 Å². The fourth-order valence-electron chi connectivity index (χ4n) is 9.11. The van der Waals surface area contributed by atoms with Crippen LogP contribution in [-0.4, -0.2) is 15.0 Å². The Balaban J connectivity index is 0.926. The summed E-state index contributed by atoms with van der Waals surface area (Å²) in [6.45, 7) is 0. The highest BCUT2D eigenvalue weighted by Crippen LogP contribution is 2.41. The van der Waals surface area contributed by atoms with Gasteiger partial charge >= 0.3 is 0 Å². The SMILES string of the molecule is c1ccc(-c2ccc(-c3ccc(-c4nc(-c5ccc(-c6ccccc6)cc5)nc(-c5cccc6oc7c(-c8ccc(-c9cccc(-c%10ccccc%10)c9)cc8)cccc7c56)n4)cc3)cc2)cc1. The van der Waals surface area contributed by atoms with Crippen LogP contribution < -0.4 is 0 Å². The second-order valence-corrected chi connectivity index (χ2v) is 16.8. The first kappa shape index (κ1) is 39.6. The lowest BCUT2D eigenvalue weighted by Gasteiger charge is -2.11. The molecule has 0 N–H and O–H groups in total. The van der Waals surface area contributed by atoms with Gasteiger partial charge in [0, 0.05) is 33.0 Å². The van der Waals surface area contributed by atoms with Crippen molar-refractivity contribution in [3.05, 3.63) is 249 Å². The maximum Gasteiger partial charge on any atom is 0.164 e. The summed E-state index contributed by atoms with van der Waals surface area (Å²) in [4.78, 5) is 15.6. The molecule has 4 heteroatoms. The summed E-state index contributed by atoms with van der Waals surface area (Å²) in [5.74, 6) is 1.77. The van der Waals surface area contributed by atoms with Crippen LogP contribution in [0, 0.1) is 0 Å². The van der Waals surface area contributed by atoms with E-state index in [-0.39, 0.29) is 0 Å². The molecule has 67 heavy (non-hydrogen) atoms. The maximum absolute atomic E-state index is 6.78. The molecule has 0 spiro atoms. The van der Waals surface area contributed by atoms with E-state index in [4.69, 9.17) is 19.4 Å². The van der Waals surface area contributed by atoms with Crippen molar-refractivity contribution in [2.24, 2.45) is 0 Å². The van der Waals surface area contributed by atoms with E-state index >= 15 is 0 Å². The first-order valence-electron chi connectivity index (χ1n) is 22.6. The van der Waals surface area contributed by atoms with Crippen LogP contribution in [0.15, 0.2) is 253 Å². The van der Waals surface area contributed by atoms with Crippen molar-refractivity contribution in [1.29, 1.82) is 0 Å². The van der Waals surface area contributed by atoms with Crippen LogP contribution in [0.1, 0.15) is 0 Å². The predicted molar refractivity (Wildman–Crippen MR) is 276 cm³/mol. The fraction of sp³-hybridized carbons (Fsp3) is 0. The monoisotopic (exact) mass is 855 g/mol. The molecule has 0 radical (unpaired) electrons. The Kier molecular flexibility index (Phi) is 10.2. The normalized spacial score (nSPS) is 11.3. The zero-order valence-electron chi connectivity index (χ0n) is 36.4. The molecular formula is C63H41N3O. The topological polar surface area (TPSA) is 51.8 Å². The van der Waals surface area contributed by atoms with Gasteiger partial charge in [0.2, 0.25) is 0 Å². The number of nitrogens with zero attached hydrogens (tertiary/aromatic N) is 3. The molecule has 0 saturated carbocycles. The molecule has 2 heterocycles. The zero-order chi connectivity index (χ0) is 44.5. The summed E-state index contributed by atoms with van der Waals surface area (Å²) in [7, 11) is 0. The van der Waals surface area contributed by atoms with Crippen molar-refractivity contribution < 1.29 is 4.42 Å². The lowest BCUT2D eigenvalue weighted by atomic mass is 9.96. The van der Waals surface area contributed by atoms with Gasteiger partial charge in [-0.2, -0.15) is 0 Å². The molecule has 314 valence electrons. The van der Waals surface area contributed by atoms with Crippen molar-refractivity contribution in [1.82, 2.24) is 15.0 Å². The molecule has 4 nitrogen and oxygen atoms in total. The van der Waals surface area contributed by atoms with Crippen molar-refractivity contribution in [3.8, 4) is 101 Å². The van der Waals surface area contributed by atoms with Crippen LogP contribution in [0.5, 0.6) is 0 Å². The quantitative estimate of drug-likeness (QED) is 0.145. The number of hydrogen-bond acceptors (Lipinski definition) is 4. The standard InChI is InChI=1S/C63H41N3O/c1-4-13-42(14-5-1)45-25-27-47(28-26-45)48-33-39-52(40-34-48)62-64-61(51-37-31-46(32-38-51)43-15-6-2-7-16-43)65-63(66-62)57-23-12-24-58-59(57)56-22-11-21-55(60(56)67-58)50-35-29-49(30-36-50)54-20-10-19-53(41-54)44-17-8-3-9-18-44/h1-41H. The lowest BCUT2D eigenvalue weighted by molar-refractivity contribution is 0.670. The summed E-state index contributed by atoms with van der Waals surface area (Å²) < 4.78 is 6.78. The molecule has 0 unspecified atom stereocenters. The minimum atomic E-state index is 0.577. The number of aromatic nitrogens is 3.